The Hall–Kier alpha value is -1.38. The highest BCUT2D eigenvalue weighted by Gasteiger charge is 2.35. The fourth-order valence-corrected chi connectivity index (χ4v) is 3.38. The molecule has 1 aliphatic carbocycles. The molecular formula is C14H18N2O. The van der Waals surface area contributed by atoms with Crippen molar-refractivity contribution in [1.82, 2.24) is 4.98 Å². The van der Waals surface area contributed by atoms with Crippen LogP contribution < -0.4 is 4.90 Å². The van der Waals surface area contributed by atoms with Crippen LogP contribution >= 0.6 is 0 Å². The van der Waals surface area contributed by atoms with Gasteiger partial charge in [0.05, 0.1) is 0 Å². The number of fused-ring (bicyclic) bond motifs is 1. The maximum Gasteiger partial charge on any atom is 0.151 e. The molecule has 1 aromatic heterocycles. The molecule has 0 spiro atoms. The topological polar surface area (TPSA) is 33.2 Å². The van der Waals surface area contributed by atoms with Crippen LogP contribution in [0.1, 0.15) is 42.5 Å². The largest absolute Gasteiger partial charge is 0.353 e. The molecule has 2 unspecified atom stereocenters. The summed E-state index contributed by atoms with van der Waals surface area (Å²) in [5.74, 6) is 1.92. The summed E-state index contributed by atoms with van der Waals surface area (Å²) in [5, 5.41) is 0. The highest BCUT2D eigenvalue weighted by molar-refractivity contribution is 5.74. The molecule has 1 aliphatic heterocycles. The third kappa shape index (κ3) is 1.94. The van der Waals surface area contributed by atoms with E-state index in [2.05, 4.69) is 9.88 Å². The molecule has 1 aromatic rings. The molecule has 3 rings (SSSR count). The van der Waals surface area contributed by atoms with E-state index in [1.807, 2.05) is 12.1 Å². The van der Waals surface area contributed by atoms with Crippen LogP contribution in [-0.4, -0.2) is 23.9 Å². The van der Waals surface area contributed by atoms with Gasteiger partial charge in [-0.25, -0.2) is 4.98 Å². The molecule has 0 amide bonds. The van der Waals surface area contributed by atoms with Crippen molar-refractivity contribution < 1.29 is 4.79 Å². The Morgan fingerprint density at radius 1 is 1.24 bits per heavy atom. The standard InChI is InChI=1S/C14H18N2O/c17-10-11-6-7-14(15-9-11)16-8-2-4-12-3-1-5-13(12)16/h6-7,9-10,12-13H,1-5,8H2. The van der Waals surface area contributed by atoms with Crippen molar-refractivity contribution in [2.75, 3.05) is 11.4 Å². The van der Waals surface area contributed by atoms with Gasteiger partial charge in [0.25, 0.3) is 0 Å². The van der Waals surface area contributed by atoms with Crippen molar-refractivity contribution in [3.8, 4) is 0 Å². The van der Waals surface area contributed by atoms with Crippen molar-refractivity contribution in [1.29, 1.82) is 0 Å². The number of carbonyl (C=O) groups excluding carboxylic acids is 1. The van der Waals surface area contributed by atoms with E-state index in [4.69, 9.17) is 0 Å². The van der Waals surface area contributed by atoms with Crippen LogP contribution in [0, 0.1) is 5.92 Å². The van der Waals surface area contributed by atoms with E-state index in [1.165, 1.54) is 32.1 Å². The van der Waals surface area contributed by atoms with Gasteiger partial charge in [0.15, 0.2) is 6.29 Å². The van der Waals surface area contributed by atoms with E-state index in [-0.39, 0.29) is 0 Å². The number of piperidine rings is 1. The van der Waals surface area contributed by atoms with E-state index >= 15 is 0 Å². The van der Waals surface area contributed by atoms with Crippen molar-refractivity contribution in [3.63, 3.8) is 0 Å². The lowest BCUT2D eigenvalue weighted by atomic mass is 9.92. The molecule has 17 heavy (non-hydrogen) atoms. The van der Waals surface area contributed by atoms with Crippen molar-refractivity contribution in [2.24, 2.45) is 5.92 Å². The molecule has 2 atom stereocenters. The second kappa shape index (κ2) is 4.47. The van der Waals surface area contributed by atoms with Crippen LogP contribution in [0.15, 0.2) is 18.3 Å². The molecule has 90 valence electrons. The van der Waals surface area contributed by atoms with Gasteiger partial charge in [0, 0.05) is 24.3 Å². The molecule has 1 saturated heterocycles. The van der Waals surface area contributed by atoms with Gasteiger partial charge >= 0.3 is 0 Å². The molecule has 1 saturated carbocycles. The highest BCUT2D eigenvalue weighted by atomic mass is 16.1. The van der Waals surface area contributed by atoms with Crippen molar-refractivity contribution in [3.05, 3.63) is 23.9 Å². The average molecular weight is 230 g/mol. The van der Waals surface area contributed by atoms with E-state index in [0.717, 1.165) is 24.6 Å². The summed E-state index contributed by atoms with van der Waals surface area (Å²) in [6.45, 7) is 1.12. The number of rotatable bonds is 2. The van der Waals surface area contributed by atoms with E-state index in [9.17, 15) is 4.79 Å². The first kappa shape index (κ1) is 10.8. The van der Waals surface area contributed by atoms with Crippen LogP contribution in [0.4, 0.5) is 5.82 Å². The first-order chi connectivity index (χ1) is 8.38. The van der Waals surface area contributed by atoms with E-state index < -0.39 is 0 Å². The van der Waals surface area contributed by atoms with E-state index in [0.29, 0.717) is 11.6 Å². The Morgan fingerprint density at radius 3 is 2.88 bits per heavy atom. The molecule has 0 bridgehead atoms. The summed E-state index contributed by atoms with van der Waals surface area (Å²) in [5.41, 5.74) is 0.661. The number of anilines is 1. The number of aromatic nitrogens is 1. The number of carbonyl (C=O) groups is 1. The van der Waals surface area contributed by atoms with Gasteiger partial charge in [0.1, 0.15) is 5.82 Å². The Morgan fingerprint density at radius 2 is 2.12 bits per heavy atom. The normalized spacial score (nSPS) is 27.9. The highest BCUT2D eigenvalue weighted by Crippen LogP contribution is 2.38. The average Bonchev–Trinajstić information content (AvgIpc) is 2.87. The molecule has 2 heterocycles. The predicted octanol–water partition coefficient (Wildman–Crippen LogP) is 2.66. The number of aldehydes is 1. The zero-order chi connectivity index (χ0) is 11.7. The van der Waals surface area contributed by atoms with Crippen LogP contribution in [0.25, 0.3) is 0 Å². The third-order valence-corrected chi connectivity index (χ3v) is 4.19. The van der Waals surface area contributed by atoms with Gasteiger partial charge in [-0.1, -0.05) is 6.42 Å². The summed E-state index contributed by atoms with van der Waals surface area (Å²) in [6, 6.07) is 4.55. The zero-order valence-electron chi connectivity index (χ0n) is 10.0. The first-order valence-electron chi connectivity index (χ1n) is 6.56. The third-order valence-electron chi connectivity index (χ3n) is 4.19. The smallest absolute Gasteiger partial charge is 0.151 e. The van der Waals surface area contributed by atoms with Crippen LogP contribution in [0.3, 0.4) is 0 Å². The lowest BCUT2D eigenvalue weighted by Crippen LogP contribution is -2.43. The molecular weight excluding hydrogens is 212 g/mol. The molecule has 3 heteroatoms. The second-order valence-electron chi connectivity index (χ2n) is 5.16. The SMILES string of the molecule is O=Cc1ccc(N2CCCC3CCCC32)nc1. The summed E-state index contributed by atoms with van der Waals surface area (Å²) in [4.78, 5) is 17.5. The fraction of sp³-hybridized carbons (Fsp3) is 0.571. The molecule has 2 aliphatic rings. The van der Waals surface area contributed by atoms with Crippen LogP contribution in [-0.2, 0) is 0 Å². The number of nitrogens with zero attached hydrogens (tertiary/aromatic N) is 2. The maximum absolute atomic E-state index is 10.6. The van der Waals surface area contributed by atoms with Crippen molar-refractivity contribution in [2.45, 2.75) is 38.1 Å². The van der Waals surface area contributed by atoms with Gasteiger partial charge in [-0.2, -0.15) is 0 Å². The molecule has 0 radical (unpaired) electrons. The van der Waals surface area contributed by atoms with Gasteiger partial charge in [-0.15, -0.1) is 0 Å². The molecule has 3 nitrogen and oxygen atoms in total. The minimum absolute atomic E-state index is 0.661. The Labute approximate surface area is 102 Å². The molecule has 0 aromatic carbocycles. The lowest BCUT2D eigenvalue weighted by Gasteiger charge is -2.38. The Bertz CT molecular complexity index is 401. The zero-order valence-corrected chi connectivity index (χ0v) is 10.0. The van der Waals surface area contributed by atoms with Crippen LogP contribution in [0.5, 0.6) is 0 Å². The van der Waals surface area contributed by atoms with Gasteiger partial charge in [-0.3, -0.25) is 4.79 Å². The summed E-state index contributed by atoms with van der Waals surface area (Å²) in [6.07, 6.45) is 9.24. The number of hydrogen-bond acceptors (Lipinski definition) is 3. The van der Waals surface area contributed by atoms with Gasteiger partial charge < -0.3 is 4.90 Å². The van der Waals surface area contributed by atoms with E-state index in [1.54, 1.807) is 6.20 Å². The van der Waals surface area contributed by atoms with Crippen LogP contribution in [0.2, 0.25) is 0 Å². The Balaban J connectivity index is 1.83. The summed E-state index contributed by atoms with van der Waals surface area (Å²) in [7, 11) is 0. The molecule has 2 fully saturated rings. The maximum atomic E-state index is 10.6. The lowest BCUT2D eigenvalue weighted by molar-refractivity contribution is 0.112. The minimum Gasteiger partial charge on any atom is -0.353 e. The first-order valence-corrected chi connectivity index (χ1v) is 6.56. The predicted molar refractivity (Wildman–Crippen MR) is 67.3 cm³/mol. The second-order valence-corrected chi connectivity index (χ2v) is 5.16. The molecule has 0 N–H and O–H groups in total. The summed E-state index contributed by atoms with van der Waals surface area (Å²) >= 11 is 0. The minimum atomic E-state index is 0.661. The van der Waals surface area contributed by atoms with Gasteiger partial charge in [0.2, 0.25) is 0 Å². The van der Waals surface area contributed by atoms with Gasteiger partial charge in [-0.05, 0) is 43.7 Å². The summed E-state index contributed by atoms with van der Waals surface area (Å²) < 4.78 is 0. The quantitative estimate of drug-likeness (QED) is 0.732. The monoisotopic (exact) mass is 230 g/mol. The van der Waals surface area contributed by atoms with Crippen molar-refractivity contribution >= 4 is 12.1 Å². The number of pyridine rings is 1. The number of hydrogen-bond donors (Lipinski definition) is 0. The fourth-order valence-electron chi connectivity index (χ4n) is 3.38. The Kier molecular flexibility index (Phi) is 2.83.